The third-order valence-electron chi connectivity index (χ3n) is 2.58. The molecule has 2 N–H and O–H groups in total. The molecule has 1 aromatic carbocycles. The molecule has 0 radical (unpaired) electrons. The van der Waals surface area contributed by atoms with E-state index in [4.69, 9.17) is 0 Å². The van der Waals surface area contributed by atoms with Crippen molar-refractivity contribution < 1.29 is 8.42 Å². The Morgan fingerprint density at radius 2 is 2.05 bits per heavy atom. The van der Waals surface area contributed by atoms with Crippen LogP contribution >= 0.6 is 0 Å². The molecule has 2 aromatic rings. The van der Waals surface area contributed by atoms with Crippen molar-refractivity contribution in [1.29, 1.82) is 0 Å². The van der Waals surface area contributed by atoms with E-state index in [1.54, 1.807) is 25.1 Å². The van der Waals surface area contributed by atoms with Gasteiger partial charge in [0.1, 0.15) is 5.82 Å². The summed E-state index contributed by atoms with van der Waals surface area (Å²) in [5.41, 5.74) is 1.43. The van der Waals surface area contributed by atoms with E-state index >= 15 is 0 Å². The number of imidazole rings is 1. The fourth-order valence-corrected chi connectivity index (χ4v) is 2.61. The minimum absolute atomic E-state index is 0.0558. The van der Waals surface area contributed by atoms with E-state index in [1.807, 2.05) is 25.1 Å². The first-order chi connectivity index (χ1) is 8.88. The molecular weight excluding hydrogens is 264 g/mol. The molecule has 7 heteroatoms. The Kier molecular flexibility index (Phi) is 3.48. The van der Waals surface area contributed by atoms with Crippen LogP contribution in [-0.4, -0.2) is 32.5 Å². The summed E-state index contributed by atoms with van der Waals surface area (Å²) in [7, 11) is 0.168. The molecule has 0 aliphatic heterocycles. The lowest BCUT2D eigenvalue weighted by Crippen LogP contribution is -2.14. The van der Waals surface area contributed by atoms with Gasteiger partial charge in [0.15, 0.2) is 5.03 Å². The number of aromatic amines is 1. The Hall–Kier alpha value is -2.02. The van der Waals surface area contributed by atoms with Gasteiger partial charge in [-0.25, -0.2) is 4.98 Å². The highest BCUT2D eigenvalue weighted by atomic mass is 32.2. The second-order valence-electron chi connectivity index (χ2n) is 4.38. The number of rotatable bonds is 4. The number of nitrogens with zero attached hydrogens (tertiary/aromatic N) is 2. The fraction of sp³-hybridized carbons (Fsp3) is 0.250. The van der Waals surface area contributed by atoms with Crippen LogP contribution in [-0.2, 0) is 10.0 Å². The number of hydrogen-bond acceptors (Lipinski definition) is 4. The van der Waals surface area contributed by atoms with E-state index in [9.17, 15) is 8.42 Å². The standard InChI is InChI=1S/C12H16N4O2S/c1-9-13-8-12(14-9)19(17,18)15-10-5-4-6-11(7-10)16(2)3/h4-8,15H,1-3H3,(H,13,14). The molecule has 0 spiro atoms. The number of nitrogens with one attached hydrogen (secondary N) is 2. The van der Waals surface area contributed by atoms with Crippen molar-refractivity contribution in [2.45, 2.75) is 11.9 Å². The van der Waals surface area contributed by atoms with Crippen LogP contribution in [0.2, 0.25) is 0 Å². The minimum Gasteiger partial charge on any atom is -0.378 e. The van der Waals surface area contributed by atoms with E-state index in [0.717, 1.165) is 5.69 Å². The molecule has 1 heterocycles. The molecule has 0 bridgehead atoms. The smallest absolute Gasteiger partial charge is 0.278 e. The molecule has 0 unspecified atom stereocenters. The Balaban J connectivity index is 2.28. The summed E-state index contributed by atoms with van der Waals surface area (Å²) in [4.78, 5) is 8.49. The molecule has 102 valence electrons. The molecule has 19 heavy (non-hydrogen) atoms. The largest absolute Gasteiger partial charge is 0.378 e. The van der Waals surface area contributed by atoms with Crippen molar-refractivity contribution in [1.82, 2.24) is 9.97 Å². The molecule has 6 nitrogen and oxygen atoms in total. The van der Waals surface area contributed by atoms with Crippen LogP contribution in [0.1, 0.15) is 5.82 Å². The zero-order chi connectivity index (χ0) is 14.0. The molecular formula is C12H16N4O2S. The van der Waals surface area contributed by atoms with Crippen LogP contribution < -0.4 is 9.62 Å². The summed E-state index contributed by atoms with van der Waals surface area (Å²) in [5, 5.41) is 0.0558. The summed E-state index contributed by atoms with van der Waals surface area (Å²) in [5.74, 6) is 0.558. The number of H-pyrrole nitrogens is 1. The van der Waals surface area contributed by atoms with Crippen LogP contribution in [0.4, 0.5) is 11.4 Å². The predicted octanol–water partition coefficient (Wildman–Crippen LogP) is 1.58. The summed E-state index contributed by atoms with van der Waals surface area (Å²) >= 11 is 0. The van der Waals surface area contributed by atoms with Gasteiger partial charge < -0.3 is 9.88 Å². The topological polar surface area (TPSA) is 78.1 Å². The van der Waals surface area contributed by atoms with Crippen molar-refractivity contribution in [2.24, 2.45) is 0 Å². The van der Waals surface area contributed by atoms with Gasteiger partial charge >= 0.3 is 0 Å². The third kappa shape index (κ3) is 3.05. The summed E-state index contributed by atoms with van der Waals surface area (Å²) in [6, 6.07) is 7.16. The third-order valence-corrected chi connectivity index (χ3v) is 3.87. The molecule has 0 amide bonds. The number of aromatic nitrogens is 2. The van der Waals surface area contributed by atoms with E-state index in [0.29, 0.717) is 11.5 Å². The Labute approximate surface area is 112 Å². The highest BCUT2D eigenvalue weighted by Gasteiger charge is 2.16. The molecule has 2 rings (SSSR count). The van der Waals surface area contributed by atoms with Crippen LogP contribution in [0.15, 0.2) is 35.5 Å². The zero-order valence-electron chi connectivity index (χ0n) is 11.0. The first-order valence-electron chi connectivity index (χ1n) is 5.70. The van der Waals surface area contributed by atoms with Crippen LogP contribution in [0.3, 0.4) is 0 Å². The number of anilines is 2. The second kappa shape index (κ2) is 4.93. The van der Waals surface area contributed by atoms with E-state index in [-0.39, 0.29) is 5.03 Å². The summed E-state index contributed by atoms with van der Waals surface area (Å²) in [6.45, 7) is 1.70. The number of benzene rings is 1. The van der Waals surface area contributed by atoms with Crippen molar-refractivity contribution in [3.63, 3.8) is 0 Å². The van der Waals surface area contributed by atoms with E-state index in [1.165, 1.54) is 6.20 Å². The minimum atomic E-state index is -3.62. The molecule has 0 saturated carbocycles. The van der Waals surface area contributed by atoms with Crippen molar-refractivity contribution in [2.75, 3.05) is 23.7 Å². The number of sulfonamides is 1. The highest BCUT2D eigenvalue weighted by molar-refractivity contribution is 7.92. The van der Waals surface area contributed by atoms with Gasteiger partial charge in [0.05, 0.1) is 11.9 Å². The monoisotopic (exact) mass is 280 g/mol. The van der Waals surface area contributed by atoms with Crippen molar-refractivity contribution in [3.8, 4) is 0 Å². The van der Waals surface area contributed by atoms with Gasteiger partial charge in [-0.05, 0) is 25.1 Å². The molecule has 1 aromatic heterocycles. The summed E-state index contributed by atoms with van der Waals surface area (Å²) in [6.07, 6.45) is 1.30. The molecule has 0 aliphatic carbocycles. The zero-order valence-corrected chi connectivity index (χ0v) is 11.8. The van der Waals surface area contributed by atoms with Gasteiger partial charge in [-0.3, -0.25) is 4.72 Å². The maximum Gasteiger partial charge on any atom is 0.278 e. The lowest BCUT2D eigenvalue weighted by Gasteiger charge is -2.14. The van der Waals surface area contributed by atoms with E-state index in [2.05, 4.69) is 14.7 Å². The number of aryl methyl sites for hydroxylation is 1. The summed E-state index contributed by atoms with van der Waals surface area (Å²) < 4.78 is 26.7. The lowest BCUT2D eigenvalue weighted by molar-refractivity contribution is 0.598. The molecule has 0 atom stereocenters. The maximum atomic E-state index is 12.1. The Morgan fingerprint density at radius 1 is 1.32 bits per heavy atom. The van der Waals surface area contributed by atoms with Gasteiger partial charge in [0.2, 0.25) is 0 Å². The Bertz CT molecular complexity index is 677. The molecule has 0 fully saturated rings. The maximum absolute atomic E-state index is 12.1. The van der Waals surface area contributed by atoms with Crippen LogP contribution in [0.25, 0.3) is 0 Å². The highest BCUT2D eigenvalue weighted by Crippen LogP contribution is 2.20. The van der Waals surface area contributed by atoms with Gasteiger partial charge in [-0.15, -0.1) is 0 Å². The average Bonchev–Trinajstić information content (AvgIpc) is 2.76. The predicted molar refractivity (Wildman–Crippen MR) is 74.9 cm³/mol. The lowest BCUT2D eigenvalue weighted by atomic mass is 10.3. The van der Waals surface area contributed by atoms with Gasteiger partial charge in [0.25, 0.3) is 10.0 Å². The molecule has 0 aliphatic rings. The van der Waals surface area contributed by atoms with Crippen molar-refractivity contribution in [3.05, 3.63) is 36.3 Å². The second-order valence-corrected chi connectivity index (χ2v) is 6.03. The first-order valence-corrected chi connectivity index (χ1v) is 7.18. The van der Waals surface area contributed by atoms with Crippen molar-refractivity contribution >= 4 is 21.4 Å². The van der Waals surface area contributed by atoms with Crippen LogP contribution in [0, 0.1) is 6.92 Å². The van der Waals surface area contributed by atoms with Gasteiger partial charge in [-0.2, -0.15) is 8.42 Å². The van der Waals surface area contributed by atoms with Gasteiger partial charge in [0, 0.05) is 19.8 Å². The quantitative estimate of drug-likeness (QED) is 0.891. The van der Waals surface area contributed by atoms with Gasteiger partial charge in [-0.1, -0.05) is 6.07 Å². The van der Waals surface area contributed by atoms with Crippen LogP contribution in [0.5, 0.6) is 0 Å². The van der Waals surface area contributed by atoms with E-state index < -0.39 is 10.0 Å². The number of hydrogen-bond donors (Lipinski definition) is 2. The SMILES string of the molecule is Cc1ncc(S(=O)(=O)Nc2cccc(N(C)C)c2)[nH]1. The normalized spacial score (nSPS) is 11.3. The average molecular weight is 280 g/mol. The Morgan fingerprint density at radius 3 is 2.63 bits per heavy atom. The molecule has 0 saturated heterocycles. The fourth-order valence-electron chi connectivity index (χ4n) is 1.59. The first kappa shape index (κ1) is 13.4.